The summed E-state index contributed by atoms with van der Waals surface area (Å²) in [5.41, 5.74) is 1.50. The van der Waals surface area contributed by atoms with Crippen LogP contribution in [-0.2, 0) is 20.8 Å². The minimum absolute atomic E-state index is 0.176. The quantitative estimate of drug-likeness (QED) is 0.0972. The van der Waals surface area contributed by atoms with Crippen molar-refractivity contribution in [3.63, 3.8) is 0 Å². The lowest BCUT2D eigenvalue weighted by Gasteiger charge is -2.23. The number of ether oxygens (including phenoxy) is 3. The first-order valence-electron chi connectivity index (χ1n) is 14.0. The van der Waals surface area contributed by atoms with Crippen LogP contribution < -0.4 is 10.6 Å². The van der Waals surface area contributed by atoms with Crippen molar-refractivity contribution < 1.29 is 33.0 Å². The number of esters is 1. The number of rotatable bonds is 12. The van der Waals surface area contributed by atoms with E-state index in [4.69, 9.17) is 23.6 Å². The van der Waals surface area contributed by atoms with Gasteiger partial charge >= 0.3 is 18.2 Å². The molecule has 2 amide bonds. The summed E-state index contributed by atoms with van der Waals surface area (Å²) in [6.07, 6.45) is -0.0794. The first kappa shape index (κ1) is 32.6. The molecule has 0 aliphatic heterocycles. The first-order valence-corrected chi connectivity index (χ1v) is 15.8. The van der Waals surface area contributed by atoms with Gasteiger partial charge in [0.25, 0.3) is 5.89 Å². The van der Waals surface area contributed by atoms with Crippen molar-refractivity contribution in [2.75, 3.05) is 13.2 Å². The van der Waals surface area contributed by atoms with E-state index < -0.39 is 29.8 Å². The number of aryl methyl sites for hydroxylation is 1. The Morgan fingerprint density at radius 2 is 1.77 bits per heavy atom. The van der Waals surface area contributed by atoms with Gasteiger partial charge in [-0.25, -0.2) is 29.3 Å². The maximum Gasteiger partial charge on any atom is 0.408 e. The van der Waals surface area contributed by atoms with Crippen molar-refractivity contribution >= 4 is 40.8 Å². The fourth-order valence-corrected chi connectivity index (χ4v) is 5.53. The van der Waals surface area contributed by atoms with Crippen LogP contribution in [0, 0.1) is 6.92 Å². The van der Waals surface area contributed by atoms with Gasteiger partial charge in [-0.2, -0.15) is 0 Å². The predicted octanol–water partition coefficient (Wildman–Crippen LogP) is 6.68. The van der Waals surface area contributed by atoms with Crippen LogP contribution in [-0.4, -0.2) is 51.9 Å². The molecule has 0 bridgehead atoms. The summed E-state index contributed by atoms with van der Waals surface area (Å²) in [5.74, 6) is 0.284. The van der Waals surface area contributed by atoms with E-state index in [0.717, 1.165) is 5.56 Å². The summed E-state index contributed by atoms with van der Waals surface area (Å²) in [6, 6.07) is 8.93. The molecule has 234 valence electrons. The van der Waals surface area contributed by atoms with Gasteiger partial charge in [0.05, 0.1) is 12.6 Å². The number of carbonyl (C=O) groups excluding carboxylic acids is 3. The highest BCUT2D eigenvalue weighted by Crippen LogP contribution is 2.33. The van der Waals surface area contributed by atoms with E-state index in [1.807, 2.05) is 35.7 Å². The van der Waals surface area contributed by atoms with Gasteiger partial charge in [-0.15, -0.1) is 22.7 Å². The highest BCUT2D eigenvalue weighted by molar-refractivity contribution is 7.13. The summed E-state index contributed by atoms with van der Waals surface area (Å²) >= 11 is 2.58. The Morgan fingerprint density at radius 3 is 2.50 bits per heavy atom. The van der Waals surface area contributed by atoms with E-state index >= 15 is 0 Å². The maximum atomic E-state index is 12.7. The number of hydrogen-bond donors (Lipinski definition) is 2. The molecule has 3 heterocycles. The maximum absolute atomic E-state index is 12.7. The van der Waals surface area contributed by atoms with E-state index in [1.165, 1.54) is 22.7 Å². The third-order valence-electron chi connectivity index (χ3n) is 5.87. The lowest BCUT2D eigenvalue weighted by molar-refractivity contribution is 0.0495. The standard InChI is InChI=1S/C30H35N5O7S2/c1-6-39-27(36)22-17-44-26(33-22)24-35-23(18(2)41-24)21-16-43-25(32-21)20(34-29(38)42-30(3,4)5)13-10-14-31-28(37)40-15-19-11-8-7-9-12-19/h7-9,11-12,16-17,20H,6,10,13-15H2,1-5H3,(H,31,37)(H,34,38)/t20-/m0/s1. The zero-order valence-corrected chi connectivity index (χ0v) is 26.8. The molecule has 4 aromatic rings. The van der Waals surface area contributed by atoms with Crippen LogP contribution in [0.15, 0.2) is 45.5 Å². The van der Waals surface area contributed by atoms with Crippen molar-refractivity contribution in [1.82, 2.24) is 25.6 Å². The highest BCUT2D eigenvalue weighted by atomic mass is 32.1. The molecule has 3 aromatic heterocycles. The first-order chi connectivity index (χ1) is 21.0. The molecule has 0 radical (unpaired) electrons. The molecule has 0 aliphatic carbocycles. The number of hydrogen-bond acceptors (Lipinski definition) is 12. The molecule has 0 unspecified atom stereocenters. The lowest BCUT2D eigenvalue weighted by atomic mass is 10.1. The number of carbonyl (C=O) groups is 3. The minimum atomic E-state index is -0.677. The lowest BCUT2D eigenvalue weighted by Crippen LogP contribution is -2.35. The normalized spacial score (nSPS) is 11.9. The van der Waals surface area contributed by atoms with Crippen LogP contribution >= 0.6 is 22.7 Å². The second-order valence-electron chi connectivity index (χ2n) is 10.6. The van der Waals surface area contributed by atoms with Crippen molar-refractivity contribution in [1.29, 1.82) is 0 Å². The molecule has 4 rings (SSSR count). The van der Waals surface area contributed by atoms with E-state index in [9.17, 15) is 14.4 Å². The highest BCUT2D eigenvalue weighted by Gasteiger charge is 2.25. The number of nitrogens with zero attached hydrogens (tertiary/aromatic N) is 3. The smallest absolute Gasteiger partial charge is 0.408 e. The van der Waals surface area contributed by atoms with Crippen molar-refractivity contribution in [2.24, 2.45) is 0 Å². The molecule has 0 fully saturated rings. The Morgan fingerprint density at radius 1 is 1.00 bits per heavy atom. The van der Waals surface area contributed by atoms with E-state index in [0.29, 0.717) is 46.5 Å². The fraction of sp³-hybridized carbons (Fsp3) is 0.400. The molecule has 0 saturated carbocycles. The van der Waals surface area contributed by atoms with E-state index in [1.54, 1.807) is 40.0 Å². The summed E-state index contributed by atoms with van der Waals surface area (Å²) in [4.78, 5) is 50.5. The third kappa shape index (κ3) is 9.35. The SMILES string of the molecule is CCOC(=O)c1csc(-c2nc(-c3csc([C@H](CCCNC(=O)OCc4ccccc4)NC(=O)OC(C)(C)C)n3)c(C)o2)n1. The molecule has 14 heteroatoms. The largest absolute Gasteiger partial charge is 0.461 e. The Balaban J connectivity index is 1.42. The monoisotopic (exact) mass is 641 g/mol. The summed E-state index contributed by atoms with van der Waals surface area (Å²) in [7, 11) is 0. The molecule has 1 aromatic carbocycles. The van der Waals surface area contributed by atoms with Gasteiger partial charge in [-0.05, 0) is 53.0 Å². The number of amides is 2. The fourth-order valence-electron chi connectivity index (χ4n) is 3.93. The number of nitrogens with one attached hydrogen (secondary N) is 2. The van der Waals surface area contributed by atoms with Crippen LogP contribution in [0.4, 0.5) is 9.59 Å². The third-order valence-corrected chi connectivity index (χ3v) is 7.66. The van der Waals surface area contributed by atoms with Crippen molar-refractivity contribution in [3.05, 3.63) is 63.1 Å². The van der Waals surface area contributed by atoms with Crippen molar-refractivity contribution in [3.8, 4) is 22.3 Å². The zero-order chi connectivity index (χ0) is 31.7. The van der Waals surface area contributed by atoms with Gasteiger partial charge in [-0.1, -0.05) is 30.3 Å². The second-order valence-corrected chi connectivity index (χ2v) is 12.3. The molecular weight excluding hydrogens is 606 g/mol. The van der Waals surface area contributed by atoms with Gasteiger partial charge in [-0.3, -0.25) is 0 Å². The van der Waals surface area contributed by atoms with Gasteiger partial charge in [0.2, 0.25) is 0 Å². The molecule has 0 aliphatic rings. The summed E-state index contributed by atoms with van der Waals surface area (Å²) in [5, 5.41) is 10.2. The van der Waals surface area contributed by atoms with Crippen LogP contribution in [0.5, 0.6) is 0 Å². The van der Waals surface area contributed by atoms with Gasteiger partial charge in [0.1, 0.15) is 34.4 Å². The zero-order valence-electron chi connectivity index (χ0n) is 25.2. The van der Waals surface area contributed by atoms with Gasteiger partial charge < -0.3 is 29.3 Å². The average Bonchev–Trinajstić information content (AvgIpc) is 3.73. The molecule has 0 saturated heterocycles. The number of oxazole rings is 1. The molecule has 2 N–H and O–H groups in total. The Bertz CT molecular complexity index is 1560. The molecular formula is C30H35N5O7S2. The molecule has 0 spiro atoms. The number of thiazole rings is 2. The minimum Gasteiger partial charge on any atom is -0.461 e. The summed E-state index contributed by atoms with van der Waals surface area (Å²) in [6.45, 7) is 9.63. The van der Waals surface area contributed by atoms with Crippen molar-refractivity contribution in [2.45, 2.75) is 65.7 Å². The van der Waals surface area contributed by atoms with Gasteiger partial charge in [0.15, 0.2) is 10.7 Å². The van der Waals surface area contributed by atoms with Crippen LogP contribution in [0.25, 0.3) is 22.3 Å². The Hall–Kier alpha value is -4.30. The topological polar surface area (TPSA) is 155 Å². The van der Waals surface area contributed by atoms with Gasteiger partial charge in [0, 0.05) is 17.3 Å². The predicted molar refractivity (Wildman–Crippen MR) is 165 cm³/mol. The molecule has 44 heavy (non-hydrogen) atoms. The Kier molecular flexibility index (Phi) is 11.1. The summed E-state index contributed by atoms with van der Waals surface area (Å²) < 4.78 is 21.6. The van der Waals surface area contributed by atoms with Crippen LogP contribution in [0.2, 0.25) is 0 Å². The number of benzene rings is 1. The molecule has 12 nitrogen and oxygen atoms in total. The van der Waals surface area contributed by atoms with E-state index in [2.05, 4.69) is 20.6 Å². The second kappa shape index (κ2) is 14.9. The average molecular weight is 642 g/mol. The van der Waals surface area contributed by atoms with E-state index in [-0.39, 0.29) is 24.8 Å². The van der Waals surface area contributed by atoms with Crippen LogP contribution in [0.3, 0.4) is 0 Å². The number of aromatic nitrogens is 3. The Labute approximate surface area is 263 Å². The molecule has 1 atom stereocenters. The van der Waals surface area contributed by atoms with Crippen LogP contribution in [0.1, 0.15) is 73.4 Å². The number of alkyl carbamates (subject to hydrolysis) is 2.